The number of esters is 1. The Morgan fingerprint density at radius 3 is 2.30 bits per heavy atom. The molecule has 7 unspecified atom stereocenters. The van der Waals surface area contributed by atoms with Crippen LogP contribution in [0.15, 0.2) is 30.3 Å². The molecule has 0 saturated heterocycles. The molecule has 2 fully saturated rings. The number of aliphatic hydroxyl groups excluding tert-OH is 2. The molecule has 57 heavy (non-hydrogen) atoms. The van der Waals surface area contributed by atoms with Crippen LogP contribution in [0, 0.1) is 17.3 Å². The predicted molar refractivity (Wildman–Crippen MR) is 213 cm³/mol. The number of phenols is 1. The fraction of sp³-hybridized carbons (Fsp3) is 0.643. The number of hydrogen-bond acceptors (Lipinski definition) is 12. The summed E-state index contributed by atoms with van der Waals surface area (Å²) in [4.78, 5) is 37.4. The Bertz CT molecular complexity index is 1760. The quantitative estimate of drug-likeness (QED) is 0.0363. The average molecular weight is 817 g/mol. The number of amides is 2. The molecule has 15 heteroatoms. The van der Waals surface area contributed by atoms with Gasteiger partial charge in [-0.1, -0.05) is 39.7 Å². The summed E-state index contributed by atoms with van der Waals surface area (Å²) in [5, 5.41) is 34.0. The molecule has 0 heterocycles. The Balaban J connectivity index is 1.10. The Morgan fingerprint density at radius 2 is 1.65 bits per heavy atom. The average Bonchev–Trinajstić information content (AvgIpc) is 3.51. The molecule has 5 rings (SSSR count). The standard InChI is InChI=1S/C42H61N2O12P/c1-5-7-23-53-57(51,54-24-8-6-2)56-27-10-12-28-26(25-27)9-11-30-29(28)21-22-42(3)31(30)13-18-36(42)55-38(48)20-16-34(46)33(45)15-19-37(47)44-32-14-17-35(52-4)39(40(32)49)41(43)50/h10,12,14,17,25,29-31,33-34,36,45-46,49H,5-9,11,13,15-16,18-24H2,1-4H3,(H2,43,50)(H,44,47). The molecule has 3 aliphatic carbocycles. The van der Waals surface area contributed by atoms with E-state index in [0.717, 1.165) is 64.2 Å². The minimum atomic E-state index is -3.75. The summed E-state index contributed by atoms with van der Waals surface area (Å²) in [5.41, 5.74) is 7.33. The molecule has 316 valence electrons. The summed E-state index contributed by atoms with van der Waals surface area (Å²) in [6.07, 6.45) is 5.60. The van der Waals surface area contributed by atoms with E-state index in [1.165, 1.54) is 30.4 Å². The molecule has 0 bridgehead atoms. The first kappa shape index (κ1) is 44.4. The van der Waals surface area contributed by atoms with Gasteiger partial charge in [0.1, 0.15) is 23.2 Å². The Kier molecular flexibility index (Phi) is 15.5. The number of carbonyl (C=O) groups is 3. The third-order valence-corrected chi connectivity index (χ3v) is 13.7. The fourth-order valence-corrected chi connectivity index (χ4v) is 10.3. The third-order valence-electron chi connectivity index (χ3n) is 12.2. The fourth-order valence-electron chi connectivity index (χ4n) is 9.06. The van der Waals surface area contributed by atoms with Crippen LogP contribution in [0.2, 0.25) is 0 Å². The van der Waals surface area contributed by atoms with E-state index in [1.807, 2.05) is 26.0 Å². The second-order valence-electron chi connectivity index (χ2n) is 16.0. The van der Waals surface area contributed by atoms with Gasteiger partial charge in [0.25, 0.3) is 5.91 Å². The van der Waals surface area contributed by atoms with Crippen molar-refractivity contribution in [3.63, 3.8) is 0 Å². The van der Waals surface area contributed by atoms with Gasteiger partial charge in [0.05, 0.1) is 38.2 Å². The number of nitrogens with one attached hydrogen (secondary N) is 1. The molecule has 7 atom stereocenters. The lowest BCUT2D eigenvalue weighted by atomic mass is 9.55. The molecular weight excluding hydrogens is 755 g/mol. The number of phosphoric acid groups is 1. The van der Waals surface area contributed by atoms with E-state index in [1.54, 1.807) is 0 Å². The van der Waals surface area contributed by atoms with Gasteiger partial charge in [0.2, 0.25) is 5.91 Å². The first-order valence-corrected chi connectivity index (χ1v) is 22.0. The number of hydrogen-bond donors (Lipinski definition) is 5. The van der Waals surface area contributed by atoms with Crippen molar-refractivity contribution in [2.75, 3.05) is 25.6 Å². The zero-order chi connectivity index (χ0) is 41.3. The van der Waals surface area contributed by atoms with E-state index >= 15 is 0 Å². The normalized spacial score (nSPS) is 23.7. The van der Waals surface area contributed by atoms with Crippen molar-refractivity contribution in [2.45, 2.75) is 135 Å². The molecule has 0 radical (unpaired) electrons. The van der Waals surface area contributed by atoms with Gasteiger partial charge in [-0.05, 0) is 117 Å². The number of primary amides is 1. The number of aliphatic hydroxyl groups is 2. The van der Waals surface area contributed by atoms with Crippen molar-refractivity contribution in [1.82, 2.24) is 0 Å². The number of aromatic hydroxyl groups is 1. The van der Waals surface area contributed by atoms with Crippen LogP contribution in [0.3, 0.4) is 0 Å². The van der Waals surface area contributed by atoms with E-state index in [4.69, 9.17) is 28.8 Å². The third kappa shape index (κ3) is 10.7. The lowest BCUT2D eigenvalue weighted by Crippen LogP contribution is -2.45. The summed E-state index contributed by atoms with van der Waals surface area (Å²) in [6.45, 7) is 6.94. The summed E-state index contributed by atoms with van der Waals surface area (Å²) in [6, 6.07) is 8.72. The highest BCUT2D eigenvalue weighted by molar-refractivity contribution is 7.48. The van der Waals surface area contributed by atoms with E-state index in [-0.39, 0.29) is 54.2 Å². The lowest BCUT2D eigenvalue weighted by Gasteiger charge is -2.50. The van der Waals surface area contributed by atoms with Gasteiger partial charge in [0, 0.05) is 18.3 Å². The van der Waals surface area contributed by atoms with Gasteiger partial charge in [0.15, 0.2) is 5.75 Å². The molecule has 0 aromatic heterocycles. The SMILES string of the molecule is CCCCOP(=O)(OCCCC)Oc1ccc2c(c1)CCC1C2CCC2(C)C(OC(=O)CCC(O)C(O)CCC(=O)Nc3ccc(OC)c(C(N)=O)c3O)CCC12. The summed E-state index contributed by atoms with van der Waals surface area (Å²) >= 11 is 0. The Labute approximate surface area is 335 Å². The van der Waals surface area contributed by atoms with Crippen LogP contribution in [0.4, 0.5) is 5.69 Å². The van der Waals surface area contributed by atoms with Crippen LogP contribution in [-0.4, -0.2) is 71.7 Å². The number of ether oxygens (including phenoxy) is 2. The molecule has 6 N–H and O–H groups in total. The van der Waals surface area contributed by atoms with Crippen molar-refractivity contribution in [3.8, 4) is 17.2 Å². The topological polar surface area (TPSA) is 213 Å². The molecule has 2 aromatic carbocycles. The minimum absolute atomic E-state index is 0.0336. The van der Waals surface area contributed by atoms with Crippen LogP contribution in [-0.2, 0) is 34.4 Å². The molecule has 0 aliphatic heterocycles. The number of fused-ring (bicyclic) bond motifs is 5. The number of rotatable bonds is 21. The number of nitrogens with two attached hydrogens (primary N) is 1. The summed E-state index contributed by atoms with van der Waals surface area (Å²) in [5.74, 6) is -0.723. The summed E-state index contributed by atoms with van der Waals surface area (Å²) < 4.78 is 41.9. The largest absolute Gasteiger partial charge is 0.530 e. The highest BCUT2D eigenvalue weighted by atomic mass is 31.2. The van der Waals surface area contributed by atoms with Crippen LogP contribution < -0.4 is 20.3 Å². The number of carbonyl (C=O) groups excluding carboxylic acids is 3. The van der Waals surface area contributed by atoms with E-state index in [9.17, 15) is 34.3 Å². The number of anilines is 1. The van der Waals surface area contributed by atoms with Gasteiger partial charge in [-0.15, -0.1) is 0 Å². The number of methoxy groups -OCH3 is 1. The van der Waals surface area contributed by atoms with Crippen molar-refractivity contribution >= 4 is 31.3 Å². The van der Waals surface area contributed by atoms with Gasteiger partial charge in [-0.3, -0.25) is 23.4 Å². The van der Waals surface area contributed by atoms with Crippen molar-refractivity contribution in [1.29, 1.82) is 0 Å². The van der Waals surface area contributed by atoms with E-state index in [2.05, 4.69) is 18.3 Å². The van der Waals surface area contributed by atoms with Gasteiger partial charge in [-0.25, -0.2) is 4.57 Å². The van der Waals surface area contributed by atoms with E-state index < -0.39 is 43.6 Å². The molecule has 2 saturated carbocycles. The van der Waals surface area contributed by atoms with Crippen LogP contribution >= 0.6 is 7.82 Å². The second kappa shape index (κ2) is 19.8. The maximum Gasteiger partial charge on any atom is 0.530 e. The predicted octanol–water partition coefficient (Wildman–Crippen LogP) is 7.31. The number of unbranched alkanes of at least 4 members (excludes halogenated alkanes) is 2. The lowest BCUT2D eigenvalue weighted by molar-refractivity contribution is -0.158. The monoisotopic (exact) mass is 816 g/mol. The maximum absolute atomic E-state index is 13.5. The highest BCUT2D eigenvalue weighted by Gasteiger charge is 2.56. The molecule has 0 spiro atoms. The minimum Gasteiger partial charge on any atom is -0.505 e. The first-order chi connectivity index (χ1) is 27.2. The van der Waals surface area contributed by atoms with Crippen molar-refractivity contribution in [2.24, 2.45) is 23.0 Å². The Hall–Kier alpha value is -3.68. The highest BCUT2D eigenvalue weighted by Crippen LogP contribution is 2.62. The molecule has 2 aromatic rings. The Morgan fingerprint density at radius 1 is 0.965 bits per heavy atom. The molecular formula is C42H61N2O12P. The second-order valence-corrected chi connectivity index (χ2v) is 17.5. The maximum atomic E-state index is 13.5. The zero-order valence-corrected chi connectivity index (χ0v) is 34.6. The van der Waals surface area contributed by atoms with Crippen LogP contribution in [0.1, 0.15) is 132 Å². The molecule has 2 amide bonds. The molecule has 14 nitrogen and oxygen atoms in total. The summed E-state index contributed by atoms with van der Waals surface area (Å²) in [7, 11) is -2.44. The van der Waals surface area contributed by atoms with Gasteiger partial charge in [-0.2, -0.15) is 0 Å². The smallest absolute Gasteiger partial charge is 0.505 e. The van der Waals surface area contributed by atoms with E-state index in [0.29, 0.717) is 36.7 Å². The van der Waals surface area contributed by atoms with Crippen molar-refractivity contribution < 1.29 is 57.3 Å². The van der Waals surface area contributed by atoms with Gasteiger partial charge < -0.3 is 40.4 Å². The number of aryl methyl sites for hydroxylation is 1. The van der Waals surface area contributed by atoms with Crippen LogP contribution in [0.25, 0.3) is 0 Å². The zero-order valence-electron chi connectivity index (χ0n) is 33.7. The van der Waals surface area contributed by atoms with Gasteiger partial charge >= 0.3 is 13.8 Å². The van der Waals surface area contributed by atoms with Crippen LogP contribution in [0.5, 0.6) is 17.2 Å². The number of phosphoric ester groups is 1. The van der Waals surface area contributed by atoms with Crippen molar-refractivity contribution in [3.05, 3.63) is 47.0 Å². The molecule has 3 aliphatic rings. The first-order valence-electron chi connectivity index (χ1n) is 20.5. The number of benzene rings is 2.